The first-order valence-electron chi connectivity index (χ1n) is 40.6. The number of aldehydes is 2. The molecule has 11 aromatic rings. The maximum Gasteiger partial charge on any atom is 0.150 e. The van der Waals surface area contributed by atoms with E-state index in [1.165, 1.54) is 27.6 Å². The molecule has 0 saturated carbocycles. The number of carboxylic acids is 4. The largest absolute Gasteiger partial charge is 0.494 e. The van der Waals surface area contributed by atoms with Crippen LogP contribution >= 0.6 is 48.3 Å². The Morgan fingerprint density at radius 2 is 0.616 bits per heavy atom. The van der Waals surface area contributed by atoms with E-state index < -0.39 is 34.4 Å². The third-order valence-electron chi connectivity index (χ3n) is 18.7. The Morgan fingerprint density at radius 3 is 0.888 bits per heavy atom. The minimum absolute atomic E-state index is 0.263. The summed E-state index contributed by atoms with van der Waals surface area (Å²) in [6.07, 6.45) is 24.2. The van der Waals surface area contributed by atoms with Crippen molar-refractivity contribution in [1.29, 1.82) is 0 Å². The second-order valence-electron chi connectivity index (χ2n) is 28.0. The molecule has 22 heteroatoms. The van der Waals surface area contributed by atoms with Gasteiger partial charge in [-0.25, -0.2) is 19.2 Å². The van der Waals surface area contributed by atoms with Gasteiger partial charge in [-0.05, 0) is 202 Å². The third kappa shape index (κ3) is 39.4. The molecule has 125 heavy (non-hydrogen) atoms. The summed E-state index contributed by atoms with van der Waals surface area (Å²) < 4.78 is 21.9. The Morgan fingerprint density at radius 1 is 0.352 bits per heavy atom. The van der Waals surface area contributed by atoms with E-state index in [4.69, 9.17) is 56.1 Å². The van der Waals surface area contributed by atoms with Crippen LogP contribution in [-0.4, -0.2) is 118 Å². The van der Waals surface area contributed by atoms with Gasteiger partial charge >= 0.3 is 209 Å². The maximum absolute atomic E-state index is 11.3. The van der Waals surface area contributed by atoms with Gasteiger partial charge in [-0.15, -0.1) is 0 Å². The molecule has 18 nitrogen and oxygen atoms in total. The SMILES string of the molecule is C=CC(=O)Cl.C=CC(=O)OCCCCCCOc1ccc(/C=C/c2ccc(C(=O)O)cc2)cc1.Cc1ccc(C=O)cc1.O=C(O)c1ccc(/C=C/c2ccc(OCCCCCCO)cc2)cc1.O=C(O)c1ccc(CBr)cc1.O=C(O)c1ccc(CP(Br)(c2ccccc2)(c2ccccc2)c2ccccc2)cc1.O=Cc1ccc(OCCCCCCO)cc1. The summed E-state index contributed by atoms with van der Waals surface area (Å²) in [5, 5.41) is 53.8. The molecular formula is C103H108Br2ClO18P. The molecule has 11 aromatic carbocycles. The first-order valence-corrected chi connectivity index (χ1v) is 46.5. The molecule has 654 valence electrons. The average Bonchev–Trinajstić information content (AvgIpc) is 0.703. The normalized spacial score (nSPS) is 10.7. The van der Waals surface area contributed by atoms with E-state index in [0.29, 0.717) is 43.1 Å². The minimum Gasteiger partial charge on any atom is -0.494 e. The van der Waals surface area contributed by atoms with Crippen LogP contribution < -0.4 is 30.1 Å². The molecule has 0 heterocycles. The van der Waals surface area contributed by atoms with Crippen molar-refractivity contribution in [2.45, 2.75) is 95.5 Å². The van der Waals surface area contributed by atoms with Crippen molar-refractivity contribution in [2.24, 2.45) is 0 Å². The number of carbonyl (C=O) groups is 8. The van der Waals surface area contributed by atoms with Crippen molar-refractivity contribution >= 4 is 136 Å². The number of allylic oxidation sites excluding steroid dienone is 1. The fourth-order valence-electron chi connectivity index (χ4n) is 11.8. The third-order valence-corrected chi connectivity index (χ3v) is 29.0. The molecule has 0 fully saturated rings. The zero-order chi connectivity index (χ0) is 90.7. The Kier molecular flexibility index (Phi) is 49.2. The number of carboxylic acid groups (broad SMARTS) is 4. The summed E-state index contributed by atoms with van der Waals surface area (Å²) in [5.41, 5.74) is 9.92. The Hall–Kier alpha value is -12.3. The zero-order valence-electron chi connectivity index (χ0n) is 70.0. The van der Waals surface area contributed by atoms with Crippen LogP contribution in [0, 0.1) is 6.92 Å². The number of aryl methyl sites for hydroxylation is 1. The van der Waals surface area contributed by atoms with E-state index in [-0.39, 0.29) is 30.3 Å². The summed E-state index contributed by atoms with van der Waals surface area (Å²) in [6, 6.07) is 89.5. The number of hydrogen-bond acceptors (Lipinski definition) is 14. The number of rotatable bonds is 40. The fraction of sp³-hybridized carbons (Fsp3) is 0.204. The number of benzene rings is 11. The molecule has 0 aromatic heterocycles. The van der Waals surface area contributed by atoms with Crippen LogP contribution in [0.2, 0.25) is 0 Å². The van der Waals surface area contributed by atoms with Crippen LogP contribution in [0.15, 0.2) is 310 Å². The van der Waals surface area contributed by atoms with E-state index in [9.17, 15) is 43.5 Å². The second kappa shape index (κ2) is 59.5. The standard InChI is InChI=1S/C26H22BrO2P.C24H26O5.C21H24O4.C13H18O3.C8H7BrO2.C8H8O.C3H3ClO/c27-30(23-10-4-1-5-11-23,24-12-6-2-7-13-24,25-14-8-3-9-15-25)20-21-16-18-22(19-17-21)26(28)29;1-2-23(25)29-18-6-4-3-5-17-28-22-15-11-20(12-16-22)8-7-19-9-13-21(14-10-19)24(26)27;22-15-3-1-2-4-16-25-20-13-9-18(10-14-20)6-5-17-7-11-19(12-8-17)21(23)24;14-9-3-1-2-4-10-16-13-7-5-12(11-15)6-8-13;9-5-6-1-3-7(4-2-6)8(10)11;1-7-2-4-8(6-9)5-3-7;1-2-3(4)5/h1-19H,20H2,(H,28,29);2,7-16H,1,3-6,17-18H2,(H,26,27);5-14,22H,1-4,15-16H2,(H,23,24);5-8,11,14H,1-4,9-10H2;1-4H,5H2,(H,10,11);2-6H,1H3;2H,1H2/b;8-7+;6-5+;;;;. The van der Waals surface area contributed by atoms with Crippen molar-refractivity contribution in [2.75, 3.05) is 39.6 Å². The number of halogens is 3. The smallest absolute Gasteiger partial charge is 0.150 e. The van der Waals surface area contributed by atoms with Gasteiger partial charge in [-0.2, -0.15) is 0 Å². The monoisotopic (exact) mass is 1860 g/mol. The van der Waals surface area contributed by atoms with Gasteiger partial charge in [-0.3, -0.25) is 14.4 Å². The molecule has 0 aliphatic rings. The van der Waals surface area contributed by atoms with Crippen LogP contribution in [-0.2, 0) is 25.8 Å². The number of alkyl halides is 1. The summed E-state index contributed by atoms with van der Waals surface area (Å²) in [4.78, 5) is 84.3. The summed E-state index contributed by atoms with van der Waals surface area (Å²) in [6.45, 7) is 11.4. The molecule has 0 aliphatic heterocycles. The minimum atomic E-state index is -3.06. The van der Waals surface area contributed by atoms with Gasteiger partial charge in [0.2, 0.25) is 5.24 Å². The molecule has 0 aliphatic carbocycles. The number of aliphatic hydroxyl groups is 2. The topological polar surface area (TPSA) is 295 Å². The van der Waals surface area contributed by atoms with Crippen molar-refractivity contribution in [3.05, 3.63) is 383 Å². The van der Waals surface area contributed by atoms with E-state index >= 15 is 0 Å². The van der Waals surface area contributed by atoms with Gasteiger partial charge in [0.1, 0.15) is 29.8 Å². The zero-order valence-corrected chi connectivity index (χ0v) is 74.8. The van der Waals surface area contributed by atoms with Gasteiger partial charge < -0.3 is 44.5 Å². The predicted molar refractivity (Wildman–Crippen MR) is 511 cm³/mol. The molecule has 0 atom stereocenters. The summed E-state index contributed by atoms with van der Waals surface area (Å²) in [5.74, 6) is -1.53. The molecule has 0 unspecified atom stereocenters. The molecule has 0 saturated heterocycles. The van der Waals surface area contributed by atoms with Crippen molar-refractivity contribution in [1.82, 2.24) is 0 Å². The van der Waals surface area contributed by atoms with E-state index in [1.807, 2.05) is 134 Å². The molecule has 0 bridgehead atoms. The van der Waals surface area contributed by atoms with E-state index in [1.54, 1.807) is 109 Å². The number of carbonyl (C=O) groups excluding carboxylic acids is 4. The second-order valence-corrected chi connectivity index (χ2v) is 37.8. The van der Waals surface area contributed by atoms with Crippen LogP contribution in [0.1, 0.15) is 178 Å². The van der Waals surface area contributed by atoms with Gasteiger partial charge in [-0.1, -0.05) is 157 Å². The van der Waals surface area contributed by atoms with Gasteiger partial charge in [0.25, 0.3) is 0 Å². The first-order chi connectivity index (χ1) is 60.5. The number of hydrogen-bond donors (Lipinski definition) is 6. The number of aromatic carboxylic acids is 4. The maximum atomic E-state index is 11.3. The molecule has 0 amide bonds. The van der Waals surface area contributed by atoms with Crippen molar-refractivity contribution in [3.8, 4) is 17.2 Å². The van der Waals surface area contributed by atoms with Gasteiger partial charge in [0.15, 0.2) is 0 Å². The first kappa shape index (κ1) is 103. The van der Waals surface area contributed by atoms with Crippen LogP contribution in [0.5, 0.6) is 17.2 Å². The summed E-state index contributed by atoms with van der Waals surface area (Å²) >= 11 is 12.4. The quantitative estimate of drug-likeness (QED) is 0.00304. The van der Waals surface area contributed by atoms with E-state index in [0.717, 1.165) is 163 Å². The Labute approximate surface area is 754 Å². The van der Waals surface area contributed by atoms with Crippen LogP contribution in [0.25, 0.3) is 24.3 Å². The Balaban J connectivity index is 0.000000274. The molecule has 0 radical (unpaired) electrons. The number of aliphatic hydroxyl groups excluding tert-OH is 2. The van der Waals surface area contributed by atoms with Crippen LogP contribution in [0.3, 0.4) is 0 Å². The van der Waals surface area contributed by atoms with Crippen LogP contribution in [0.4, 0.5) is 0 Å². The average molecular weight is 1860 g/mol. The predicted octanol–water partition coefficient (Wildman–Crippen LogP) is 22.9. The van der Waals surface area contributed by atoms with Gasteiger partial charge in [0.05, 0.1) is 43.1 Å². The van der Waals surface area contributed by atoms with Crippen molar-refractivity contribution in [3.63, 3.8) is 0 Å². The number of esters is 1. The Bertz CT molecular complexity index is 4980. The molecular weight excluding hydrogens is 1750 g/mol. The number of unbranched alkanes of at least 4 members (excludes halogenated alkanes) is 9. The van der Waals surface area contributed by atoms with E-state index in [2.05, 4.69) is 117 Å². The molecule has 6 N–H and O–H groups in total. The molecule has 11 rings (SSSR count). The van der Waals surface area contributed by atoms with Gasteiger partial charge in [0, 0.05) is 35.7 Å². The summed E-state index contributed by atoms with van der Waals surface area (Å²) in [7, 11) is 0. The molecule has 0 spiro atoms. The number of ether oxygens (including phenoxy) is 4. The fourth-order valence-corrected chi connectivity index (χ4v) is 19.9. The van der Waals surface area contributed by atoms with Crippen molar-refractivity contribution < 1.29 is 87.9 Å².